The van der Waals surface area contributed by atoms with E-state index in [1.165, 1.54) is 7.11 Å². The highest BCUT2D eigenvalue weighted by atomic mass is 16.5. The second-order valence-electron chi connectivity index (χ2n) is 7.08. The first kappa shape index (κ1) is 18.7. The number of rotatable bonds is 6. The van der Waals surface area contributed by atoms with Crippen molar-refractivity contribution in [3.63, 3.8) is 0 Å². The molecule has 2 fully saturated rings. The Labute approximate surface area is 155 Å². The van der Waals surface area contributed by atoms with Gasteiger partial charge in [0.15, 0.2) is 0 Å². The fourth-order valence-corrected chi connectivity index (χ4v) is 4.43. The second-order valence-corrected chi connectivity index (χ2v) is 7.08. The lowest BCUT2D eigenvalue weighted by Crippen LogP contribution is -2.53. The number of carbonyl (C=O) groups is 2. The zero-order chi connectivity index (χ0) is 18.7. The maximum Gasteiger partial charge on any atom is 0.326 e. The normalized spacial score (nSPS) is 25.0. The average Bonchev–Trinajstić information content (AvgIpc) is 3.25. The van der Waals surface area contributed by atoms with Gasteiger partial charge in [-0.2, -0.15) is 0 Å². The molecule has 2 atom stereocenters. The summed E-state index contributed by atoms with van der Waals surface area (Å²) < 4.78 is 10.2. The number of methoxy groups -OCH3 is 2. The lowest BCUT2D eigenvalue weighted by molar-refractivity contribution is -0.153. The molecule has 2 heterocycles. The predicted molar refractivity (Wildman–Crippen MR) is 97.8 cm³/mol. The first-order valence-electron chi connectivity index (χ1n) is 9.32. The topological polar surface area (TPSA) is 59.1 Å². The van der Waals surface area contributed by atoms with E-state index in [0.717, 1.165) is 30.7 Å². The lowest BCUT2D eigenvalue weighted by atomic mass is 9.94. The number of benzene rings is 1. The molecule has 26 heavy (non-hydrogen) atoms. The van der Waals surface area contributed by atoms with E-state index >= 15 is 0 Å². The number of nitrogens with zero attached hydrogens (tertiary/aromatic N) is 2. The molecule has 142 valence electrons. The molecule has 0 N–H and O–H groups in total. The Hall–Kier alpha value is -2.08. The van der Waals surface area contributed by atoms with E-state index in [0.29, 0.717) is 25.9 Å². The van der Waals surface area contributed by atoms with Crippen molar-refractivity contribution in [3.8, 4) is 5.75 Å². The van der Waals surface area contributed by atoms with E-state index in [1.807, 2.05) is 36.1 Å². The zero-order valence-electron chi connectivity index (χ0n) is 15.9. The summed E-state index contributed by atoms with van der Waals surface area (Å²) in [5.41, 5.74) is 0.480. The molecule has 0 unspecified atom stereocenters. The van der Waals surface area contributed by atoms with Gasteiger partial charge in [-0.05, 0) is 50.3 Å². The molecule has 2 saturated heterocycles. The van der Waals surface area contributed by atoms with E-state index in [-0.39, 0.29) is 17.9 Å². The van der Waals surface area contributed by atoms with Gasteiger partial charge in [-0.1, -0.05) is 12.1 Å². The van der Waals surface area contributed by atoms with Crippen molar-refractivity contribution in [2.75, 3.05) is 27.3 Å². The third kappa shape index (κ3) is 3.18. The fourth-order valence-electron chi connectivity index (χ4n) is 4.43. The first-order valence-corrected chi connectivity index (χ1v) is 9.32. The quantitative estimate of drug-likeness (QED) is 0.728. The Morgan fingerprint density at radius 1 is 1.23 bits per heavy atom. The number of hydrogen-bond acceptors (Lipinski definition) is 5. The molecule has 1 aromatic rings. The van der Waals surface area contributed by atoms with E-state index in [4.69, 9.17) is 9.47 Å². The Morgan fingerprint density at radius 2 is 1.96 bits per heavy atom. The van der Waals surface area contributed by atoms with Crippen LogP contribution in [0.4, 0.5) is 0 Å². The van der Waals surface area contributed by atoms with Crippen molar-refractivity contribution in [3.05, 3.63) is 29.8 Å². The van der Waals surface area contributed by atoms with Gasteiger partial charge in [0.2, 0.25) is 5.91 Å². The van der Waals surface area contributed by atoms with Crippen LogP contribution in [0.15, 0.2) is 24.3 Å². The molecule has 0 bridgehead atoms. The minimum Gasteiger partial charge on any atom is -0.497 e. The van der Waals surface area contributed by atoms with Crippen LogP contribution in [0.1, 0.15) is 38.2 Å². The summed E-state index contributed by atoms with van der Waals surface area (Å²) >= 11 is 0. The molecule has 0 saturated carbocycles. The summed E-state index contributed by atoms with van der Waals surface area (Å²) in [6.07, 6.45) is 3.14. The van der Waals surface area contributed by atoms with Crippen LogP contribution in [0.25, 0.3) is 0 Å². The Bertz CT molecular complexity index is 660. The highest BCUT2D eigenvalue weighted by Crippen LogP contribution is 2.43. The maximum absolute atomic E-state index is 13.2. The van der Waals surface area contributed by atoms with Gasteiger partial charge in [0, 0.05) is 19.6 Å². The molecule has 0 spiro atoms. The number of ether oxygens (including phenoxy) is 2. The largest absolute Gasteiger partial charge is 0.497 e. The highest BCUT2D eigenvalue weighted by molar-refractivity contribution is 5.87. The van der Waals surface area contributed by atoms with Gasteiger partial charge < -0.3 is 14.4 Å². The number of likely N-dealkylation sites (N-methyl/N-ethyl adjacent to an activating group) is 1. The van der Waals surface area contributed by atoms with Crippen molar-refractivity contribution in [2.24, 2.45) is 0 Å². The fraction of sp³-hybridized carbons (Fsp3) is 0.600. The summed E-state index contributed by atoms with van der Waals surface area (Å²) in [4.78, 5) is 29.6. The number of esters is 1. The highest BCUT2D eigenvalue weighted by Gasteiger charge is 2.57. The van der Waals surface area contributed by atoms with Gasteiger partial charge in [0.25, 0.3) is 0 Å². The average molecular weight is 360 g/mol. The first-order chi connectivity index (χ1) is 12.6. The Kier molecular flexibility index (Phi) is 5.51. The molecular formula is C20H28N2O4. The second kappa shape index (κ2) is 7.66. The monoisotopic (exact) mass is 360 g/mol. The third-order valence-electron chi connectivity index (χ3n) is 5.82. The van der Waals surface area contributed by atoms with Gasteiger partial charge in [-0.25, -0.2) is 0 Å². The zero-order valence-corrected chi connectivity index (χ0v) is 15.9. The van der Waals surface area contributed by atoms with Crippen LogP contribution in [0.2, 0.25) is 0 Å². The molecular weight excluding hydrogens is 332 g/mol. The van der Waals surface area contributed by atoms with Crippen LogP contribution in [-0.2, 0) is 20.9 Å². The van der Waals surface area contributed by atoms with Crippen LogP contribution in [0.5, 0.6) is 5.75 Å². The summed E-state index contributed by atoms with van der Waals surface area (Å²) in [7, 11) is 3.07. The summed E-state index contributed by atoms with van der Waals surface area (Å²) in [5.74, 6) is 0.721. The third-order valence-corrected chi connectivity index (χ3v) is 5.82. The van der Waals surface area contributed by atoms with Crippen LogP contribution in [0, 0.1) is 0 Å². The van der Waals surface area contributed by atoms with E-state index < -0.39 is 5.54 Å². The summed E-state index contributed by atoms with van der Waals surface area (Å²) in [6, 6.07) is 7.56. The molecule has 1 aromatic carbocycles. The van der Waals surface area contributed by atoms with E-state index in [2.05, 4.69) is 4.90 Å². The van der Waals surface area contributed by atoms with Crippen molar-refractivity contribution in [1.82, 2.24) is 9.80 Å². The van der Waals surface area contributed by atoms with Gasteiger partial charge in [-0.3, -0.25) is 14.5 Å². The van der Waals surface area contributed by atoms with Gasteiger partial charge in [-0.15, -0.1) is 0 Å². The molecule has 3 rings (SSSR count). The maximum atomic E-state index is 13.2. The minimum absolute atomic E-state index is 0.107. The van der Waals surface area contributed by atoms with Crippen molar-refractivity contribution in [1.29, 1.82) is 0 Å². The lowest BCUT2D eigenvalue weighted by Gasteiger charge is -2.34. The number of amides is 1. The molecule has 6 nitrogen and oxygen atoms in total. The van der Waals surface area contributed by atoms with Gasteiger partial charge in [0.05, 0.1) is 20.3 Å². The van der Waals surface area contributed by atoms with Crippen LogP contribution >= 0.6 is 0 Å². The summed E-state index contributed by atoms with van der Waals surface area (Å²) in [6.45, 7) is 3.98. The van der Waals surface area contributed by atoms with Crippen molar-refractivity contribution in [2.45, 2.75) is 50.7 Å². The number of hydrogen-bond donors (Lipinski definition) is 0. The van der Waals surface area contributed by atoms with E-state index in [9.17, 15) is 9.59 Å². The Balaban J connectivity index is 1.73. The SMILES string of the molecule is CCN(Cc1ccc(OC)cc1)C(=O)[C@H]1CC[C@@]2(C(=O)OC)CCCN12. The predicted octanol–water partition coefficient (Wildman–Crippen LogP) is 2.21. The van der Waals surface area contributed by atoms with Crippen molar-refractivity contribution >= 4 is 11.9 Å². The van der Waals surface area contributed by atoms with Crippen LogP contribution < -0.4 is 4.74 Å². The van der Waals surface area contributed by atoms with E-state index in [1.54, 1.807) is 7.11 Å². The smallest absolute Gasteiger partial charge is 0.326 e. The Morgan fingerprint density at radius 3 is 2.58 bits per heavy atom. The molecule has 0 aliphatic carbocycles. The van der Waals surface area contributed by atoms with Gasteiger partial charge >= 0.3 is 5.97 Å². The number of fused-ring (bicyclic) bond motifs is 1. The molecule has 1 amide bonds. The molecule has 0 aromatic heterocycles. The minimum atomic E-state index is -0.589. The van der Waals surface area contributed by atoms with Crippen molar-refractivity contribution < 1.29 is 19.1 Å². The molecule has 2 aliphatic heterocycles. The van der Waals surface area contributed by atoms with Crippen LogP contribution in [0.3, 0.4) is 0 Å². The molecule has 6 heteroatoms. The van der Waals surface area contributed by atoms with Crippen LogP contribution in [-0.4, -0.2) is 60.6 Å². The summed E-state index contributed by atoms with van der Waals surface area (Å²) in [5, 5.41) is 0. The molecule has 2 aliphatic rings. The standard InChI is InChI=1S/C20H28N2O4/c1-4-21(14-15-6-8-16(25-2)9-7-15)18(23)17-10-12-20(19(24)26-3)11-5-13-22(17)20/h6-9,17H,4-5,10-14H2,1-3H3/t17-,20-/m1/s1. The number of carbonyl (C=O) groups excluding carboxylic acids is 2. The molecule has 0 radical (unpaired) electrons. The van der Waals surface area contributed by atoms with Gasteiger partial charge in [0.1, 0.15) is 11.3 Å².